The zero-order valence-electron chi connectivity index (χ0n) is 13.3. The van der Waals surface area contributed by atoms with Crippen LogP contribution in [-0.2, 0) is 16.1 Å². The fourth-order valence-corrected chi connectivity index (χ4v) is 2.03. The van der Waals surface area contributed by atoms with Gasteiger partial charge in [-0.1, -0.05) is 12.1 Å². The maximum atomic E-state index is 12.0. The highest BCUT2D eigenvalue weighted by Gasteiger charge is 2.23. The van der Waals surface area contributed by atoms with Crippen molar-refractivity contribution in [1.29, 1.82) is 0 Å². The minimum absolute atomic E-state index is 0.0247. The molecule has 2 amide bonds. The highest BCUT2D eigenvalue weighted by molar-refractivity contribution is 5.86. The van der Waals surface area contributed by atoms with E-state index in [1.807, 2.05) is 24.3 Å². The van der Waals surface area contributed by atoms with Gasteiger partial charge in [-0.3, -0.25) is 9.59 Å². The first-order valence-corrected chi connectivity index (χ1v) is 7.28. The van der Waals surface area contributed by atoms with Crippen LogP contribution in [0.3, 0.4) is 0 Å². The number of methoxy groups -OCH3 is 1. The first-order valence-electron chi connectivity index (χ1n) is 7.28. The summed E-state index contributed by atoms with van der Waals surface area (Å²) in [4.78, 5) is 25.4. The molecular weight excluding hydrogens is 284 g/mol. The van der Waals surface area contributed by atoms with Crippen LogP contribution in [0.25, 0.3) is 0 Å². The van der Waals surface area contributed by atoms with Crippen molar-refractivity contribution in [2.24, 2.45) is 0 Å². The van der Waals surface area contributed by atoms with Gasteiger partial charge >= 0.3 is 0 Å². The van der Waals surface area contributed by atoms with Crippen molar-refractivity contribution in [3.05, 3.63) is 29.8 Å². The third-order valence-corrected chi connectivity index (χ3v) is 3.40. The van der Waals surface area contributed by atoms with Gasteiger partial charge in [-0.15, -0.1) is 0 Å². The second kappa shape index (κ2) is 9.04. The van der Waals surface area contributed by atoms with Crippen LogP contribution >= 0.6 is 0 Å². The number of nitrogens with one attached hydrogen (secondary N) is 1. The number of hydrogen-bond donors (Lipinski definition) is 2. The van der Waals surface area contributed by atoms with Crippen LogP contribution in [0.15, 0.2) is 24.3 Å². The topological polar surface area (TPSA) is 78.9 Å². The van der Waals surface area contributed by atoms with Gasteiger partial charge in [-0.25, -0.2) is 0 Å². The standard InChI is InChI=1S/C16H24N2O4/c1-12(16(21)17-9-4-10-19)18(13(2)20)11-14-5-7-15(22-3)8-6-14/h5-8,12,19H,4,9-11H2,1-3H3,(H,17,21)/t12-/m0/s1. The summed E-state index contributed by atoms with van der Waals surface area (Å²) >= 11 is 0. The Kier molecular flexibility index (Phi) is 7.39. The molecule has 0 unspecified atom stereocenters. The molecule has 0 aliphatic heterocycles. The highest BCUT2D eigenvalue weighted by atomic mass is 16.5. The molecule has 1 rings (SSSR count). The fourth-order valence-electron chi connectivity index (χ4n) is 2.03. The first-order chi connectivity index (χ1) is 10.5. The van der Waals surface area contributed by atoms with Gasteiger partial charge in [0.25, 0.3) is 0 Å². The van der Waals surface area contributed by atoms with Crippen LogP contribution in [0.1, 0.15) is 25.8 Å². The lowest BCUT2D eigenvalue weighted by molar-refractivity contribution is -0.139. The van der Waals surface area contributed by atoms with Gasteiger partial charge < -0.3 is 20.1 Å². The van der Waals surface area contributed by atoms with Crippen molar-refractivity contribution < 1.29 is 19.4 Å². The van der Waals surface area contributed by atoms with Crippen molar-refractivity contribution in [1.82, 2.24) is 10.2 Å². The minimum atomic E-state index is -0.571. The SMILES string of the molecule is COc1ccc(CN(C(C)=O)[C@@H](C)C(=O)NCCCO)cc1. The molecule has 0 saturated carbocycles. The Morgan fingerprint density at radius 2 is 1.95 bits per heavy atom. The van der Waals surface area contributed by atoms with E-state index in [0.717, 1.165) is 11.3 Å². The summed E-state index contributed by atoms with van der Waals surface area (Å²) in [5, 5.41) is 11.4. The number of nitrogens with zero attached hydrogens (tertiary/aromatic N) is 1. The molecule has 1 aromatic rings. The van der Waals surface area contributed by atoms with Crippen LogP contribution in [0.4, 0.5) is 0 Å². The molecule has 0 radical (unpaired) electrons. The fraction of sp³-hybridized carbons (Fsp3) is 0.500. The molecule has 6 heteroatoms. The minimum Gasteiger partial charge on any atom is -0.497 e. The largest absolute Gasteiger partial charge is 0.497 e. The summed E-state index contributed by atoms with van der Waals surface area (Å²) in [6.07, 6.45) is 0.497. The number of amides is 2. The quantitative estimate of drug-likeness (QED) is 0.700. The molecule has 1 aromatic carbocycles. The average molecular weight is 308 g/mol. The smallest absolute Gasteiger partial charge is 0.242 e. The Bertz CT molecular complexity index is 487. The lowest BCUT2D eigenvalue weighted by Gasteiger charge is -2.27. The summed E-state index contributed by atoms with van der Waals surface area (Å²) < 4.78 is 5.10. The van der Waals surface area contributed by atoms with E-state index >= 15 is 0 Å². The van der Waals surface area contributed by atoms with Gasteiger partial charge in [0.15, 0.2) is 0 Å². The van der Waals surface area contributed by atoms with E-state index in [2.05, 4.69) is 5.32 Å². The zero-order valence-corrected chi connectivity index (χ0v) is 13.3. The van der Waals surface area contributed by atoms with Crippen LogP contribution in [0.5, 0.6) is 5.75 Å². The number of hydrogen-bond acceptors (Lipinski definition) is 4. The van der Waals surface area contributed by atoms with Crippen LogP contribution in [0.2, 0.25) is 0 Å². The molecule has 0 saturated heterocycles. The van der Waals surface area contributed by atoms with Crippen molar-refractivity contribution in [2.45, 2.75) is 32.9 Å². The Hall–Kier alpha value is -2.08. The van der Waals surface area contributed by atoms with Crippen molar-refractivity contribution >= 4 is 11.8 Å². The summed E-state index contributed by atoms with van der Waals surface area (Å²) in [6, 6.07) is 6.80. The van der Waals surface area contributed by atoms with E-state index in [0.29, 0.717) is 19.5 Å². The summed E-state index contributed by atoms with van der Waals surface area (Å²) in [5.41, 5.74) is 0.922. The second-order valence-corrected chi connectivity index (χ2v) is 5.04. The molecule has 0 bridgehead atoms. The molecule has 1 atom stereocenters. The van der Waals surface area contributed by atoms with Crippen LogP contribution in [-0.4, -0.2) is 48.1 Å². The summed E-state index contributed by atoms with van der Waals surface area (Å²) in [6.45, 7) is 3.92. The molecule has 6 nitrogen and oxygen atoms in total. The van der Waals surface area contributed by atoms with E-state index in [-0.39, 0.29) is 18.4 Å². The Balaban J connectivity index is 2.71. The number of aliphatic hydroxyl groups excluding tert-OH is 1. The molecule has 0 spiro atoms. The molecule has 0 aliphatic carbocycles. The van der Waals surface area contributed by atoms with E-state index < -0.39 is 6.04 Å². The van der Waals surface area contributed by atoms with Gasteiger partial charge in [0, 0.05) is 26.6 Å². The second-order valence-electron chi connectivity index (χ2n) is 5.04. The molecule has 0 aliphatic rings. The number of carbonyl (C=O) groups is 2. The predicted molar refractivity (Wildman–Crippen MR) is 83.4 cm³/mol. The molecule has 0 fully saturated rings. The summed E-state index contributed by atoms with van der Waals surface area (Å²) in [5.74, 6) is 0.353. The Morgan fingerprint density at radius 1 is 1.32 bits per heavy atom. The van der Waals surface area contributed by atoms with Gasteiger partial charge in [0.05, 0.1) is 7.11 Å². The normalized spacial score (nSPS) is 11.6. The van der Waals surface area contributed by atoms with E-state index in [4.69, 9.17) is 9.84 Å². The molecule has 122 valence electrons. The number of rotatable bonds is 8. The van der Waals surface area contributed by atoms with Gasteiger partial charge in [0.1, 0.15) is 11.8 Å². The monoisotopic (exact) mass is 308 g/mol. The number of carbonyl (C=O) groups excluding carboxylic acids is 2. The molecule has 0 heterocycles. The van der Waals surface area contributed by atoms with E-state index in [1.54, 1.807) is 14.0 Å². The molecular formula is C16H24N2O4. The van der Waals surface area contributed by atoms with E-state index in [9.17, 15) is 9.59 Å². The predicted octanol–water partition coefficient (Wildman–Crippen LogP) is 0.931. The number of benzene rings is 1. The highest BCUT2D eigenvalue weighted by Crippen LogP contribution is 2.14. The van der Waals surface area contributed by atoms with Crippen molar-refractivity contribution in [3.8, 4) is 5.75 Å². The van der Waals surface area contributed by atoms with Crippen LogP contribution in [0, 0.1) is 0 Å². The maximum Gasteiger partial charge on any atom is 0.242 e. The maximum absolute atomic E-state index is 12.0. The molecule has 2 N–H and O–H groups in total. The average Bonchev–Trinajstić information content (AvgIpc) is 2.52. The molecule has 22 heavy (non-hydrogen) atoms. The first kappa shape index (κ1) is 18.0. The van der Waals surface area contributed by atoms with Crippen LogP contribution < -0.4 is 10.1 Å². The Labute approximate surface area is 131 Å². The van der Waals surface area contributed by atoms with Gasteiger partial charge in [0.2, 0.25) is 11.8 Å². The number of aliphatic hydroxyl groups is 1. The lowest BCUT2D eigenvalue weighted by atomic mass is 10.1. The van der Waals surface area contributed by atoms with Gasteiger partial charge in [-0.2, -0.15) is 0 Å². The number of ether oxygens (including phenoxy) is 1. The Morgan fingerprint density at radius 3 is 2.45 bits per heavy atom. The molecule has 0 aromatic heterocycles. The van der Waals surface area contributed by atoms with E-state index in [1.165, 1.54) is 11.8 Å². The van der Waals surface area contributed by atoms with Crippen molar-refractivity contribution in [3.63, 3.8) is 0 Å². The third-order valence-electron chi connectivity index (χ3n) is 3.40. The van der Waals surface area contributed by atoms with Crippen molar-refractivity contribution in [2.75, 3.05) is 20.3 Å². The lowest BCUT2D eigenvalue weighted by Crippen LogP contribution is -2.47. The van der Waals surface area contributed by atoms with Gasteiger partial charge in [-0.05, 0) is 31.0 Å². The third kappa shape index (κ3) is 5.37. The zero-order chi connectivity index (χ0) is 16.5. The summed E-state index contributed by atoms with van der Waals surface area (Å²) in [7, 11) is 1.59.